The average Bonchev–Trinajstić information content (AvgIpc) is 2.17. The molecule has 1 atom stereocenters. The average molecular weight is 179 g/mol. The Kier molecular flexibility index (Phi) is 2.10. The van der Waals surface area contributed by atoms with E-state index in [1.165, 1.54) is 0 Å². The number of nitrogens with one attached hydrogen (secondary N) is 1. The molecule has 2 rings (SSSR count). The van der Waals surface area contributed by atoms with E-state index in [1.807, 2.05) is 18.2 Å². The van der Waals surface area contributed by atoms with Gasteiger partial charge in [0.15, 0.2) is 0 Å². The maximum absolute atomic E-state index is 9.75. The van der Waals surface area contributed by atoms with E-state index in [0.29, 0.717) is 0 Å². The lowest BCUT2D eigenvalue weighted by molar-refractivity contribution is 0.164. The number of rotatable bonds is 1. The molecule has 2 N–H and O–H groups in total. The first-order valence-electron chi connectivity index (χ1n) is 4.42. The Morgan fingerprint density at radius 3 is 3.15 bits per heavy atom. The van der Waals surface area contributed by atoms with Crippen molar-refractivity contribution in [2.24, 2.45) is 0 Å². The lowest BCUT2D eigenvalue weighted by atomic mass is 9.99. The van der Waals surface area contributed by atoms with E-state index >= 15 is 0 Å². The van der Waals surface area contributed by atoms with Crippen molar-refractivity contribution < 1.29 is 9.84 Å². The van der Waals surface area contributed by atoms with Crippen LogP contribution in [0.15, 0.2) is 18.2 Å². The summed E-state index contributed by atoms with van der Waals surface area (Å²) in [5, 5.41) is 13.0. The SMILES string of the molecule is COc1cccc2c1C(O)CCN2. The van der Waals surface area contributed by atoms with Crippen molar-refractivity contribution in [1.29, 1.82) is 0 Å². The second kappa shape index (κ2) is 3.26. The van der Waals surface area contributed by atoms with Gasteiger partial charge >= 0.3 is 0 Å². The first kappa shape index (κ1) is 8.38. The number of hydrogen-bond donors (Lipinski definition) is 2. The fourth-order valence-electron chi connectivity index (χ4n) is 1.71. The quantitative estimate of drug-likeness (QED) is 0.687. The largest absolute Gasteiger partial charge is 0.496 e. The Bertz CT molecular complexity index is 298. The van der Waals surface area contributed by atoms with Gasteiger partial charge in [0, 0.05) is 17.8 Å². The van der Waals surface area contributed by atoms with Crippen LogP contribution in [-0.4, -0.2) is 18.8 Å². The van der Waals surface area contributed by atoms with Gasteiger partial charge in [0.1, 0.15) is 5.75 Å². The molecule has 1 unspecified atom stereocenters. The van der Waals surface area contributed by atoms with Crippen LogP contribution in [0, 0.1) is 0 Å². The van der Waals surface area contributed by atoms with Crippen molar-refractivity contribution in [2.75, 3.05) is 19.0 Å². The molecule has 1 aromatic rings. The molecule has 1 aromatic carbocycles. The predicted molar refractivity (Wildman–Crippen MR) is 51.1 cm³/mol. The highest BCUT2D eigenvalue weighted by molar-refractivity contribution is 5.60. The second-order valence-electron chi connectivity index (χ2n) is 3.15. The topological polar surface area (TPSA) is 41.5 Å². The third-order valence-corrected chi connectivity index (χ3v) is 2.35. The number of ether oxygens (including phenoxy) is 1. The minimum atomic E-state index is -0.396. The van der Waals surface area contributed by atoms with E-state index < -0.39 is 6.10 Å². The molecule has 0 aromatic heterocycles. The van der Waals surface area contributed by atoms with Gasteiger partial charge in [-0.25, -0.2) is 0 Å². The van der Waals surface area contributed by atoms with E-state index in [2.05, 4.69) is 5.32 Å². The standard InChI is InChI=1S/C10H13NO2/c1-13-9-4-2-3-7-10(9)8(12)5-6-11-7/h2-4,8,11-12H,5-6H2,1H3. The molecular weight excluding hydrogens is 166 g/mol. The summed E-state index contributed by atoms with van der Waals surface area (Å²) in [5.41, 5.74) is 1.87. The molecule has 0 spiro atoms. The van der Waals surface area contributed by atoms with Crippen molar-refractivity contribution in [3.8, 4) is 5.75 Å². The Hall–Kier alpha value is -1.22. The summed E-state index contributed by atoms with van der Waals surface area (Å²) < 4.78 is 5.18. The van der Waals surface area contributed by atoms with E-state index in [-0.39, 0.29) is 0 Å². The molecular formula is C10H13NO2. The summed E-state index contributed by atoms with van der Waals surface area (Å²) in [6.45, 7) is 0.821. The van der Waals surface area contributed by atoms with Gasteiger partial charge in [0.2, 0.25) is 0 Å². The molecule has 0 saturated carbocycles. The molecule has 0 radical (unpaired) electrons. The van der Waals surface area contributed by atoms with Gasteiger partial charge < -0.3 is 15.2 Å². The van der Waals surface area contributed by atoms with Crippen LogP contribution in [0.2, 0.25) is 0 Å². The fraction of sp³-hybridized carbons (Fsp3) is 0.400. The molecule has 0 bridgehead atoms. The van der Waals surface area contributed by atoms with Gasteiger partial charge in [-0.15, -0.1) is 0 Å². The maximum Gasteiger partial charge on any atom is 0.126 e. The lowest BCUT2D eigenvalue weighted by Crippen LogP contribution is -2.17. The van der Waals surface area contributed by atoms with Crippen LogP contribution in [-0.2, 0) is 0 Å². The van der Waals surface area contributed by atoms with Crippen molar-refractivity contribution >= 4 is 5.69 Å². The number of anilines is 1. The number of aliphatic hydroxyl groups is 1. The Labute approximate surface area is 77.3 Å². The normalized spacial score (nSPS) is 20.3. The Morgan fingerprint density at radius 2 is 2.38 bits per heavy atom. The zero-order valence-electron chi connectivity index (χ0n) is 7.58. The van der Waals surface area contributed by atoms with Crippen molar-refractivity contribution in [3.05, 3.63) is 23.8 Å². The summed E-state index contributed by atoms with van der Waals surface area (Å²) in [5.74, 6) is 0.761. The number of hydrogen-bond acceptors (Lipinski definition) is 3. The third-order valence-electron chi connectivity index (χ3n) is 2.35. The molecule has 3 heteroatoms. The molecule has 70 valence electrons. The summed E-state index contributed by atoms with van der Waals surface area (Å²) in [6, 6.07) is 5.75. The van der Waals surface area contributed by atoms with Crippen LogP contribution < -0.4 is 10.1 Å². The molecule has 1 heterocycles. The monoisotopic (exact) mass is 179 g/mol. The van der Waals surface area contributed by atoms with Crippen LogP contribution in [0.4, 0.5) is 5.69 Å². The van der Waals surface area contributed by atoms with Crippen molar-refractivity contribution in [2.45, 2.75) is 12.5 Å². The predicted octanol–water partition coefficient (Wildman–Crippen LogP) is 1.54. The highest BCUT2D eigenvalue weighted by atomic mass is 16.5. The third kappa shape index (κ3) is 1.35. The first-order valence-corrected chi connectivity index (χ1v) is 4.42. The van der Waals surface area contributed by atoms with E-state index in [9.17, 15) is 5.11 Å². The summed E-state index contributed by atoms with van der Waals surface area (Å²) >= 11 is 0. The highest BCUT2D eigenvalue weighted by Gasteiger charge is 2.20. The van der Waals surface area contributed by atoms with Gasteiger partial charge in [-0.05, 0) is 18.6 Å². The van der Waals surface area contributed by atoms with E-state index in [0.717, 1.165) is 30.0 Å². The molecule has 0 saturated heterocycles. The number of methoxy groups -OCH3 is 1. The van der Waals surface area contributed by atoms with Gasteiger partial charge in [-0.3, -0.25) is 0 Å². The molecule has 1 aliphatic heterocycles. The molecule has 13 heavy (non-hydrogen) atoms. The second-order valence-corrected chi connectivity index (χ2v) is 3.15. The molecule has 1 aliphatic rings. The number of fused-ring (bicyclic) bond motifs is 1. The smallest absolute Gasteiger partial charge is 0.126 e. The lowest BCUT2D eigenvalue weighted by Gasteiger charge is -2.24. The molecule has 3 nitrogen and oxygen atoms in total. The van der Waals surface area contributed by atoms with Gasteiger partial charge in [0.05, 0.1) is 13.2 Å². The Balaban J connectivity index is 2.50. The minimum Gasteiger partial charge on any atom is -0.496 e. The molecule has 0 fully saturated rings. The summed E-state index contributed by atoms with van der Waals surface area (Å²) in [4.78, 5) is 0. The highest BCUT2D eigenvalue weighted by Crippen LogP contribution is 2.36. The number of aliphatic hydroxyl groups excluding tert-OH is 1. The fourth-order valence-corrected chi connectivity index (χ4v) is 1.71. The van der Waals surface area contributed by atoms with Crippen molar-refractivity contribution in [3.63, 3.8) is 0 Å². The molecule has 0 aliphatic carbocycles. The van der Waals surface area contributed by atoms with Crippen molar-refractivity contribution in [1.82, 2.24) is 0 Å². The van der Waals surface area contributed by atoms with Gasteiger partial charge in [0.25, 0.3) is 0 Å². The number of benzene rings is 1. The summed E-state index contributed by atoms with van der Waals surface area (Å²) in [7, 11) is 1.62. The van der Waals surface area contributed by atoms with Crippen LogP contribution in [0.3, 0.4) is 0 Å². The van der Waals surface area contributed by atoms with E-state index in [1.54, 1.807) is 7.11 Å². The van der Waals surface area contributed by atoms with Crippen LogP contribution in [0.1, 0.15) is 18.1 Å². The zero-order chi connectivity index (χ0) is 9.26. The Morgan fingerprint density at radius 1 is 1.54 bits per heavy atom. The van der Waals surface area contributed by atoms with Gasteiger partial charge in [-0.1, -0.05) is 6.07 Å². The van der Waals surface area contributed by atoms with E-state index in [4.69, 9.17) is 4.74 Å². The van der Waals surface area contributed by atoms with Crippen LogP contribution >= 0.6 is 0 Å². The van der Waals surface area contributed by atoms with Gasteiger partial charge in [-0.2, -0.15) is 0 Å². The summed E-state index contributed by atoms with van der Waals surface area (Å²) in [6.07, 6.45) is 0.347. The first-order chi connectivity index (χ1) is 6.33. The molecule has 0 amide bonds. The zero-order valence-corrected chi connectivity index (χ0v) is 7.58. The minimum absolute atomic E-state index is 0.396. The van der Waals surface area contributed by atoms with Crippen LogP contribution in [0.5, 0.6) is 5.75 Å². The maximum atomic E-state index is 9.75. The van der Waals surface area contributed by atoms with Crippen LogP contribution in [0.25, 0.3) is 0 Å².